The van der Waals surface area contributed by atoms with Crippen LogP contribution in [0.2, 0.25) is 0 Å². The number of carbonyl (C=O) groups excluding carboxylic acids is 2. The molecule has 0 aliphatic heterocycles. The van der Waals surface area contributed by atoms with Crippen LogP contribution in [-0.4, -0.2) is 41.8 Å². The van der Waals surface area contributed by atoms with Crippen LogP contribution < -0.4 is 0 Å². The van der Waals surface area contributed by atoms with Gasteiger partial charge in [-0.2, -0.15) is 0 Å². The summed E-state index contributed by atoms with van der Waals surface area (Å²) in [6, 6.07) is 3.89. The number of methoxy groups -OCH3 is 2. The summed E-state index contributed by atoms with van der Waals surface area (Å²) in [6.07, 6.45) is 8.39. The van der Waals surface area contributed by atoms with Crippen LogP contribution in [0.4, 0.5) is 0 Å². The number of allylic oxidation sites excluding steroid dienone is 3. The first-order valence-electron chi connectivity index (χ1n) is 9.36. The van der Waals surface area contributed by atoms with Crippen molar-refractivity contribution in [2.45, 2.75) is 39.0 Å². The van der Waals surface area contributed by atoms with E-state index >= 15 is 0 Å². The Balaban J connectivity index is 2.07. The fourth-order valence-electron chi connectivity index (χ4n) is 3.12. The molecule has 0 saturated heterocycles. The molecular weight excluding hydrogens is 374 g/mol. The number of aromatic nitrogens is 1. The molecule has 0 fully saturated rings. The quantitative estimate of drug-likeness (QED) is 0.366. The normalized spacial score (nSPS) is 15.1. The summed E-state index contributed by atoms with van der Waals surface area (Å²) in [5.41, 5.74) is 1.39. The second-order valence-electron chi connectivity index (χ2n) is 6.66. The van der Waals surface area contributed by atoms with Gasteiger partial charge in [-0.1, -0.05) is 12.5 Å². The second kappa shape index (κ2) is 10.4. The fraction of sp³-hybridized carbons (Fsp3) is 0.364. The topological polar surface area (TPSA) is 103 Å². The van der Waals surface area contributed by atoms with Crippen LogP contribution in [0, 0.1) is 0 Å². The minimum Gasteiger partial charge on any atom is -0.489 e. The number of unbranched alkanes of at least 4 members (excludes halogenated alkanes) is 2. The van der Waals surface area contributed by atoms with Crippen LogP contribution in [-0.2, 0) is 30.3 Å². The highest BCUT2D eigenvalue weighted by Crippen LogP contribution is 2.28. The van der Waals surface area contributed by atoms with Gasteiger partial charge in [0.15, 0.2) is 0 Å². The maximum absolute atomic E-state index is 12.7. The molecule has 29 heavy (non-hydrogen) atoms. The van der Waals surface area contributed by atoms with Crippen molar-refractivity contribution in [2.24, 2.45) is 0 Å². The zero-order valence-electron chi connectivity index (χ0n) is 16.9. The highest BCUT2D eigenvalue weighted by molar-refractivity contribution is 6.24. The molecule has 0 unspecified atom stereocenters. The monoisotopic (exact) mass is 399 g/mol. The Kier molecular flexibility index (Phi) is 7.88. The average Bonchev–Trinajstić information content (AvgIpc) is 2.72. The van der Waals surface area contributed by atoms with Gasteiger partial charge < -0.3 is 14.6 Å². The third-order valence-electron chi connectivity index (χ3n) is 4.74. The lowest BCUT2D eigenvalue weighted by Crippen LogP contribution is -2.24. The smallest absolute Gasteiger partial charge is 0.331 e. The fourth-order valence-corrected chi connectivity index (χ4v) is 3.12. The molecule has 0 bridgehead atoms. The summed E-state index contributed by atoms with van der Waals surface area (Å²) < 4.78 is 10.0. The van der Waals surface area contributed by atoms with E-state index in [2.05, 4.69) is 4.98 Å². The molecule has 2 rings (SSSR count). The molecular formula is C22H25NO6. The molecule has 7 nitrogen and oxygen atoms in total. The number of carboxylic acids is 1. The Hall–Kier alpha value is -3.22. The second-order valence-corrected chi connectivity index (χ2v) is 6.66. The molecule has 0 amide bonds. The van der Waals surface area contributed by atoms with Gasteiger partial charge in [-0.15, -0.1) is 0 Å². The minimum atomic E-state index is -1.11. The number of aryl methyl sites for hydroxylation is 1. The Labute approximate surface area is 169 Å². The van der Waals surface area contributed by atoms with Crippen molar-refractivity contribution in [1.82, 2.24) is 4.98 Å². The summed E-state index contributed by atoms with van der Waals surface area (Å²) in [4.78, 5) is 40.8. The van der Waals surface area contributed by atoms with Gasteiger partial charge in [-0.25, -0.2) is 4.79 Å². The van der Waals surface area contributed by atoms with Crippen molar-refractivity contribution in [3.05, 3.63) is 64.4 Å². The molecule has 0 radical (unpaired) electrons. The van der Waals surface area contributed by atoms with E-state index in [1.807, 2.05) is 18.3 Å². The molecule has 0 saturated carbocycles. The van der Waals surface area contributed by atoms with E-state index in [-0.39, 0.29) is 28.2 Å². The number of ether oxygens (including phenoxy) is 2. The van der Waals surface area contributed by atoms with Crippen molar-refractivity contribution >= 4 is 17.5 Å². The van der Waals surface area contributed by atoms with E-state index in [4.69, 9.17) is 9.47 Å². The lowest BCUT2D eigenvalue weighted by molar-refractivity contribution is -0.132. The van der Waals surface area contributed by atoms with Gasteiger partial charge in [0, 0.05) is 29.1 Å². The van der Waals surface area contributed by atoms with Gasteiger partial charge >= 0.3 is 5.97 Å². The number of hydrogen-bond acceptors (Lipinski definition) is 6. The number of nitrogens with zero attached hydrogens (tertiary/aromatic N) is 1. The van der Waals surface area contributed by atoms with Gasteiger partial charge in [-0.3, -0.25) is 14.6 Å². The molecule has 1 aromatic heterocycles. The maximum atomic E-state index is 12.7. The largest absolute Gasteiger partial charge is 0.489 e. The van der Waals surface area contributed by atoms with Gasteiger partial charge in [0.1, 0.15) is 0 Å². The predicted octanol–water partition coefficient (Wildman–Crippen LogP) is 3.17. The SMILES string of the molecule is COC1=C(OC)C(=O)C(C=C(CCCCCc2cccnc2)C(=O)O)=C(C)C1=O. The Bertz CT molecular complexity index is 880. The molecule has 0 atom stereocenters. The van der Waals surface area contributed by atoms with E-state index in [0.717, 1.165) is 24.8 Å². The first-order chi connectivity index (χ1) is 13.9. The lowest BCUT2D eigenvalue weighted by atomic mass is 9.90. The summed E-state index contributed by atoms with van der Waals surface area (Å²) in [7, 11) is 2.55. The predicted molar refractivity (Wildman–Crippen MR) is 106 cm³/mol. The van der Waals surface area contributed by atoms with Crippen LogP contribution in [0.25, 0.3) is 0 Å². The zero-order valence-corrected chi connectivity index (χ0v) is 16.9. The Morgan fingerprint density at radius 2 is 1.79 bits per heavy atom. The zero-order chi connectivity index (χ0) is 21.4. The van der Waals surface area contributed by atoms with E-state index in [9.17, 15) is 19.5 Å². The average molecular weight is 399 g/mol. The molecule has 0 spiro atoms. The number of carbonyl (C=O) groups is 3. The van der Waals surface area contributed by atoms with Crippen LogP contribution in [0.1, 0.15) is 38.2 Å². The highest BCUT2D eigenvalue weighted by Gasteiger charge is 2.34. The number of ketones is 2. The lowest BCUT2D eigenvalue weighted by Gasteiger charge is -2.19. The summed E-state index contributed by atoms with van der Waals surface area (Å²) in [6.45, 7) is 1.48. The molecule has 7 heteroatoms. The molecule has 1 N–H and O–H groups in total. The van der Waals surface area contributed by atoms with Crippen LogP contribution >= 0.6 is 0 Å². The first kappa shape index (κ1) is 22.1. The number of carboxylic acid groups (broad SMARTS) is 1. The number of hydrogen-bond donors (Lipinski definition) is 1. The van der Waals surface area contributed by atoms with Gasteiger partial charge in [-0.05, 0) is 50.3 Å². The minimum absolute atomic E-state index is 0.0282. The number of Topliss-reactive ketones (excluding diaryl/α,β-unsaturated/α-hetero) is 2. The number of pyridine rings is 1. The standard InChI is InChI=1S/C22H25NO6/c1-14-17(19(25)21(29-3)20(28-2)18(14)24)12-16(22(26)27)10-6-4-5-8-15-9-7-11-23-13-15/h7,9,11-13H,4-6,8,10H2,1-3H3,(H,26,27). The van der Waals surface area contributed by atoms with Gasteiger partial charge in [0.25, 0.3) is 0 Å². The van der Waals surface area contributed by atoms with Crippen LogP contribution in [0.5, 0.6) is 0 Å². The molecule has 1 aliphatic rings. The molecule has 0 aromatic carbocycles. The van der Waals surface area contributed by atoms with E-state index < -0.39 is 17.5 Å². The van der Waals surface area contributed by atoms with Crippen LogP contribution in [0.15, 0.2) is 58.8 Å². The van der Waals surface area contributed by atoms with E-state index in [0.29, 0.717) is 12.8 Å². The molecule has 154 valence electrons. The van der Waals surface area contributed by atoms with Crippen molar-refractivity contribution < 1.29 is 29.0 Å². The van der Waals surface area contributed by atoms with Crippen molar-refractivity contribution in [1.29, 1.82) is 0 Å². The first-order valence-corrected chi connectivity index (χ1v) is 9.36. The summed E-state index contributed by atoms with van der Waals surface area (Å²) in [5, 5.41) is 9.53. The molecule has 1 heterocycles. The van der Waals surface area contributed by atoms with Crippen LogP contribution in [0.3, 0.4) is 0 Å². The number of rotatable bonds is 10. The third-order valence-corrected chi connectivity index (χ3v) is 4.74. The van der Waals surface area contributed by atoms with E-state index in [1.165, 1.54) is 27.2 Å². The van der Waals surface area contributed by atoms with Crippen molar-refractivity contribution in [2.75, 3.05) is 14.2 Å². The maximum Gasteiger partial charge on any atom is 0.331 e. The summed E-state index contributed by atoms with van der Waals surface area (Å²) >= 11 is 0. The highest BCUT2D eigenvalue weighted by atomic mass is 16.5. The number of aliphatic carboxylic acids is 1. The molecule has 1 aromatic rings. The Morgan fingerprint density at radius 3 is 2.38 bits per heavy atom. The van der Waals surface area contributed by atoms with E-state index in [1.54, 1.807) is 6.20 Å². The molecule has 1 aliphatic carbocycles. The summed E-state index contributed by atoms with van der Waals surface area (Å²) in [5.74, 6) is -2.54. The Morgan fingerprint density at radius 1 is 1.10 bits per heavy atom. The van der Waals surface area contributed by atoms with Crippen molar-refractivity contribution in [3.63, 3.8) is 0 Å². The van der Waals surface area contributed by atoms with Gasteiger partial charge in [0.2, 0.25) is 23.1 Å². The van der Waals surface area contributed by atoms with Gasteiger partial charge in [0.05, 0.1) is 14.2 Å². The van der Waals surface area contributed by atoms with Crippen molar-refractivity contribution in [3.8, 4) is 0 Å². The third kappa shape index (κ3) is 5.40.